The smallest absolute Gasteiger partial charge is 0.225 e. The minimum Gasteiger partial charge on any atom is -0.376 e. The number of nitrogens with one attached hydrogen (secondary N) is 3. The first kappa shape index (κ1) is 22.3. The molecule has 1 amide bonds. The first-order valence-electron chi connectivity index (χ1n) is 11.4. The summed E-state index contributed by atoms with van der Waals surface area (Å²) in [5.41, 5.74) is 4.60. The highest BCUT2D eigenvalue weighted by Gasteiger charge is 2.24. The van der Waals surface area contributed by atoms with Crippen LogP contribution in [-0.4, -0.2) is 56.2 Å². The fraction of sp³-hybridized carbons (Fsp3) is 0.440. The van der Waals surface area contributed by atoms with Crippen molar-refractivity contribution < 1.29 is 9.53 Å². The van der Waals surface area contributed by atoms with Crippen LogP contribution in [0.15, 0.2) is 53.5 Å². The number of para-hydroxylation sites is 1. The molecule has 170 valence electrons. The maximum absolute atomic E-state index is 12.1. The van der Waals surface area contributed by atoms with Crippen molar-refractivity contribution in [3.63, 3.8) is 0 Å². The Bertz CT molecular complexity index is 961. The summed E-state index contributed by atoms with van der Waals surface area (Å²) in [7, 11) is 1.77. The van der Waals surface area contributed by atoms with Gasteiger partial charge in [-0.15, -0.1) is 0 Å². The van der Waals surface area contributed by atoms with Crippen molar-refractivity contribution in [2.45, 2.75) is 38.5 Å². The monoisotopic (exact) mass is 435 g/mol. The number of aliphatic imine (C=N–C) groups is 1. The second-order valence-electron chi connectivity index (χ2n) is 8.58. The third kappa shape index (κ3) is 5.87. The minimum absolute atomic E-state index is 0.0601. The SMILES string of the molecule is CN=C(NCc1cccc(CN2CCOC(C)C2)c1)NCC1CC(=O)Nc2ccccc21. The van der Waals surface area contributed by atoms with E-state index in [4.69, 9.17) is 4.74 Å². The standard InChI is InChI=1S/C25H33N5O2/c1-18-16-30(10-11-32-18)17-20-7-5-6-19(12-20)14-27-25(26-2)28-15-21-13-24(31)29-23-9-4-3-8-22(21)23/h3-9,12,18,21H,10-11,13-17H2,1-2H3,(H,29,31)(H2,26,27,28). The lowest BCUT2D eigenvalue weighted by Crippen LogP contribution is -2.40. The Morgan fingerprint density at radius 2 is 2.03 bits per heavy atom. The predicted octanol–water partition coefficient (Wildman–Crippen LogP) is 2.70. The molecule has 2 unspecified atom stereocenters. The highest BCUT2D eigenvalue weighted by molar-refractivity contribution is 5.94. The molecular formula is C25H33N5O2. The van der Waals surface area contributed by atoms with Gasteiger partial charge in [-0.05, 0) is 29.7 Å². The molecule has 4 rings (SSSR count). The molecule has 2 heterocycles. The topological polar surface area (TPSA) is 78.0 Å². The molecule has 0 radical (unpaired) electrons. The van der Waals surface area contributed by atoms with Crippen LogP contribution in [0.3, 0.4) is 0 Å². The lowest BCUT2D eigenvalue weighted by atomic mass is 9.90. The molecular weight excluding hydrogens is 402 g/mol. The Labute approximate surface area is 190 Å². The third-order valence-corrected chi connectivity index (χ3v) is 6.03. The molecule has 1 saturated heterocycles. The summed E-state index contributed by atoms with van der Waals surface area (Å²) in [6.45, 7) is 7.17. The summed E-state index contributed by atoms with van der Waals surface area (Å²) in [4.78, 5) is 18.9. The number of carbonyl (C=O) groups is 1. The fourth-order valence-electron chi connectivity index (χ4n) is 4.44. The molecule has 32 heavy (non-hydrogen) atoms. The Morgan fingerprint density at radius 1 is 1.19 bits per heavy atom. The van der Waals surface area contributed by atoms with Gasteiger partial charge in [0.25, 0.3) is 0 Å². The number of amides is 1. The lowest BCUT2D eigenvalue weighted by Gasteiger charge is -2.31. The average molecular weight is 436 g/mol. The zero-order valence-electron chi connectivity index (χ0n) is 18.9. The van der Waals surface area contributed by atoms with Crippen LogP contribution in [-0.2, 0) is 22.6 Å². The van der Waals surface area contributed by atoms with Gasteiger partial charge in [-0.1, -0.05) is 42.5 Å². The number of fused-ring (bicyclic) bond motifs is 1. The molecule has 2 atom stereocenters. The number of anilines is 1. The van der Waals surface area contributed by atoms with Gasteiger partial charge in [0.15, 0.2) is 5.96 Å². The molecule has 7 heteroatoms. The number of benzene rings is 2. The number of carbonyl (C=O) groups excluding carboxylic acids is 1. The van der Waals surface area contributed by atoms with Crippen LogP contribution in [0.25, 0.3) is 0 Å². The summed E-state index contributed by atoms with van der Waals surface area (Å²) in [6, 6.07) is 16.7. The zero-order valence-corrected chi connectivity index (χ0v) is 18.9. The van der Waals surface area contributed by atoms with E-state index >= 15 is 0 Å². The highest BCUT2D eigenvalue weighted by Crippen LogP contribution is 2.31. The van der Waals surface area contributed by atoms with Gasteiger partial charge in [-0.2, -0.15) is 0 Å². The lowest BCUT2D eigenvalue weighted by molar-refractivity contribution is -0.116. The molecule has 2 aliphatic rings. The molecule has 0 spiro atoms. The molecule has 2 aliphatic heterocycles. The number of nitrogens with zero attached hydrogens (tertiary/aromatic N) is 2. The number of guanidine groups is 1. The van der Waals surface area contributed by atoms with Crippen LogP contribution in [0, 0.1) is 0 Å². The van der Waals surface area contributed by atoms with Gasteiger partial charge in [-0.3, -0.25) is 14.7 Å². The molecule has 0 bridgehead atoms. The maximum atomic E-state index is 12.1. The van der Waals surface area contributed by atoms with Gasteiger partial charge in [0.2, 0.25) is 5.91 Å². The van der Waals surface area contributed by atoms with Crippen LogP contribution in [0.1, 0.15) is 36.0 Å². The molecule has 0 aromatic heterocycles. The van der Waals surface area contributed by atoms with E-state index < -0.39 is 0 Å². The van der Waals surface area contributed by atoms with E-state index in [1.54, 1.807) is 7.05 Å². The normalized spacial score (nSPS) is 21.6. The van der Waals surface area contributed by atoms with Gasteiger partial charge in [0.05, 0.1) is 12.7 Å². The number of morpholine rings is 1. The minimum atomic E-state index is 0.0601. The van der Waals surface area contributed by atoms with E-state index in [2.05, 4.69) is 63.1 Å². The van der Waals surface area contributed by atoms with E-state index in [9.17, 15) is 4.79 Å². The van der Waals surface area contributed by atoms with Crippen molar-refractivity contribution in [1.29, 1.82) is 0 Å². The van der Waals surface area contributed by atoms with Crippen LogP contribution >= 0.6 is 0 Å². The number of hydrogen-bond acceptors (Lipinski definition) is 4. The van der Waals surface area contributed by atoms with Crippen molar-refractivity contribution in [3.05, 3.63) is 65.2 Å². The fourth-order valence-corrected chi connectivity index (χ4v) is 4.44. The molecule has 0 saturated carbocycles. The Hall–Kier alpha value is -2.90. The summed E-state index contributed by atoms with van der Waals surface area (Å²) in [5, 5.41) is 9.75. The summed E-state index contributed by atoms with van der Waals surface area (Å²) >= 11 is 0. The average Bonchev–Trinajstić information content (AvgIpc) is 2.79. The zero-order chi connectivity index (χ0) is 22.3. The van der Waals surface area contributed by atoms with Crippen molar-refractivity contribution in [3.8, 4) is 0 Å². The van der Waals surface area contributed by atoms with Gasteiger partial charge in [0.1, 0.15) is 0 Å². The van der Waals surface area contributed by atoms with E-state index in [1.807, 2.05) is 18.2 Å². The van der Waals surface area contributed by atoms with Crippen LogP contribution < -0.4 is 16.0 Å². The second kappa shape index (κ2) is 10.6. The van der Waals surface area contributed by atoms with Gasteiger partial charge >= 0.3 is 0 Å². The first-order chi connectivity index (χ1) is 15.6. The van der Waals surface area contributed by atoms with E-state index in [0.717, 1.165) is 37.9 Å². The van der Waals surface area contributed by atoms with Crippen molar-refractivity contribution >= 4 is 17.6 Å². The molecule has 7 nitrogen and oxygen atoms in total. The van der Waals surface area contributed by atoms with Crippen molar-refractivity contribution in [2.75, 3.05) is 38.6 Å². The third-order valence-electron chi connectivity index (χ3n) is 6.03. The maximum Gasteiger partial charge on any atom is 0.225 e. The summed E-state index contributed by atoms with van der Waals surface area (Å²) in [5.74, 6) is 0.920. The van der Waals surface area contributed by atoms with Crippen molar-refractivity contribution in [2.24, 2.45) is 4.99 Å². The first-order valence-corrected chi connectivity index (χ1v) is 11.4. The Balaban J connectivity index is 1.30. The van der Waals surface area contributed by atoms with Gasteiger partial charge in [0, 0.05) is 57.8 Å². The molecule has 1 fully saturated rings. The van der Waals surface area contributed by atoms with E-state index in [-0.39, 0.29) is 11.8 Å². The summed E-state index contributed by atoms with van der Waals surface area (Å²) < 4.78 is 5.64. The van der Waals surface area contributed by atoms with Crippen LogP contribution in [0.5, 0.6) is 0 Å². The largest absolute Gasteiger partial charge is 0.376 e. The second-order valence-corrected chi connectivity index (χ2v) is 8.58. The quantitative estimate of drug-likeness (QED) is 0.480. The van der Waals surface area contributed by atoms with E-state index in [1.165, 1.54) is 16.7 Å². The van der Waals surface area contributed by atoms with Gasteiger partial charge in [-0.25, -0.2) is 0 Å². The Kier molecular flexibility index (Phi) is 7.39. The van der Waals surface area contributed by atoms with Crippen molar-refractivity contribution in [1.82, 2.24) is 15.5 Å². The molecule has 0 aliphatic carbocycles. The molecule has 2 aromatic rings. The predicted molar refractivity (Wildman–Crippen MR) is 128 cm³/mol. The summed E-state index contributed by atoms with van der Waals surface area (Å²) in [6.07, 6.45) is 0.772. The number of ether oxygens (including phenoxy) is 1. The van der Waals surface area contributed by atoms with Crippen LogP contribution in [0.2, 0.25) is 0 Å². The highest BCUT2D eigenvalue weighted by atomic mass is 16.5. The van der Waals surface area contributed by atoms with E-state index in [0.29, 0.717) is 25.6 Å². The molecule has 3 N–H and O–H groups in total. The number of hydrogen-bond donors (Lipinski definition) is 3. The number of rotatable bonds is 6. The molecule has 2 aromatic carbocycles. The van der Waals surface area contributed by atoms with Gasteiger partial charge < -0.3 is 20.7 Å². The van der Waals surface area contributed by atoms with Crippen LogP contribution in [0.4, 0.5) is 5.69 Å². The Morgan fingerprint density at radius 3 is 2.88 bits per heavy atom.